The third-order valence-corrected chi connectivity index (χ3v) is 3.62. The number of carbonyl (C=O) groups is 1. The molecule has 8 nitrogen and oxygen atoms in total. The summed E-state index contributed by atoms with van der Waals surface area (Å²) >= 11 is 0. The molecule has 0 spiro atoms. The van der Waals surface area contributed by atoms with Crippen LogP contribution in [0.25, 0.3) is 11.0 Å². The highest BCUT2D eigenvalue weighted by molar-refractivity contribution is 5.90. The van der Waals surface area contributed by atoms with Crippen molar-refractivity contribution >= 4 is 28.3 Å². The molecule has 0 radical (unpaired) electrons. The molecular weight excluding hydrogens is 324 g/mol. The van der Waals surface area contributed by atoms with Crippen LogP contribution in [0.2, 0.25) is 0 Å². The Balaban J connectivity index is 1.65. The molecule has 1 aromatic heterocycles. The molecule has 0 saturated carbocycles. The molecule has 0 unspecified atom stereocenters. The van der Waals surface area contributed by atoms with Crippen molar-refractivity contribution < 1.29 is 9.72 Å². The maximum absolute atomic E-state index is 12.0. The number of carbonyl (C=O) groups excluding carboxylic acids is 1. The average Bonchev–Trinajstić information content (AvgIpc) is 2.60. The number of H-pyrrole nitrogens is 1. The van der Waals surface area contributed by atoms with E-state index in [4.69, 9.17) is 0 Å². The van der Waals surface area contributed by atoms with Gasteiger partial charge in [0.25, 0.3) is 11.2 Å². The first-order chi connectivity index (χ1) is 12.0. The fourth-order valence-electron chi connectivity index (χ4n) is 2.36. The lowest BCUT2D eigenvalue weighted by molar-refractivity contribution is -0.384. The van der Waals surface area contributed by atoms with Crippen molar-refractivity contribution in [2.24, 2.45) is 0 Å². The number of nitrogens with one attached hydrogen (secondary N) is 2. The maximum atomic E-state index is 12.0. The molecule has 3 rings (SSSR count). The number of hydrogen-bond donors (Lipinski definition) is 2. The molecule has 8 heteroatoms. The number of para-hydroxylation sites is 2. The number of amides is 1. The van der Waals surface area contributed by atoms with Crippen LogP contribution in [0, 0.1) is 10.1 Å². The van der Waals surface area contributed by atoms with Gasteiger partial charge in [0.05, 0.1) is 16.0 Å². The number of benzene rings is 2. The molecule has 2 aromatic carbocycles. The van der Waals surface area contributed by atoms with E-state index in [9.17, 15) is 19.7 Å². The third-order valence-electron chi connectivity index (χ3n) is 3.62. The zero-order valence-corrected chi connectivity index (χ0v) is 13.1. The van der Waals surface area contributed by atoms with Gasteiger partial charge in [0.1, 0.15) is 5.69 Å². The predicted molar refractivity (Wildman–Crippen MR) is 92.4 cm³/mol. The molecule has 0 aliphatic rings. The molecule has 2 N–H and O–H groups in total. The summed E-state index contributed by atoms with van der Waals surface area (Å²) in [7, 11) is 0. The van der Waals surface area contributed by atoms with Crippen molar-refractivity contribution in [2.45, 2.75) is 12.8 Å². The van der Waals surface area contributed by atoms with Crippen LogP contribution in [-0.2, 0) is 11.2 Å². The summed E-state index contributed by atoms with van der Waals surface area (Å²) in [6.45, 7) is 0. The van der Waals surface area contributed by atoms with Gasteiger partial charge in [0.15, 0.2) is 0 Å². The highest BCUT2D eigenvalue weighted by atomic mass is 16.6. The Morgan fingerprint density at radius 1 is 1.16 bits per heavy atom. The summed E-state index contributed by atoms with van der Waals surface area (Å²) in [5.74, 6) is -0.303. The topological polar surface area (TPSA) is 118 Å². The van der Waals surface area contributed by atoms with E-state index in [1.807, 2.05) is 6.07 Å². The number of aromatic amines is 1. The molecule has 0 atom stereocenters. The SMILES string of the molecule is O=C(CCc1nc2ccccc2[nH]c1=O)Nc1ccc([N+](=O)[O-])cc1. The number of nitrogens with zero attached hydrogens (tertiary/aromatic N) is 2. The quantitative estimate of drug-likeness (QED) is 0.547. The van der Waals surface area contributed by atoms with E-state index < -0.39 is 4.92 Å². The largest absolute Gasteiger partial charge is 0.326 e. The van der Waals surface area contributed by atoms with Crippen LogP contribution >= 0.6 is 0 Å². The second kappa shape index (κ2) is 6.91. The number of fused-ring (bicyclic) bond motifs is 1. The molecule has 1 amide bonds. The van der Waals surface area contributed by atoms with E-state index in [-0.39, 0.29) is 35.7 Å². The Labute approximate surface area is 141 Å². The lowest BCUT2D eigenvalue weighted by atomic mass is 10.2. The van der Waals surface area contributed by atoms with Crippen LogP contribution in [0.5, 0.6) is 0 Å². The van der Waals surface area contributed by atoms with Crippen molar-refractivity contribution in [3.8, 4) is 0 Å². The van der Waals surface area contributed by atoms with Gasteiger partial charge in [-0.25, -0.2) is 4.98 Å². The standard InChI is InChI=1S/C17H14N4O4/c22-16(18-11-5-7-12(8-6-11)21(24)25)10-9-15-17(23)20-14-4-2-1-3-13(14)19-15/h1-8H,9-10H2,(H,18,22)(H,20,23). The van der Waals surface area contributed by atoms with E-state index in [1.54, 1.807) is 18.2 Å². The van der Waals surface area contributed by atoms with E-state index in [1.165, 1.54) is 24.3 Å². The zero-order chi connectivity index (χ0) is 17.8. The highest BCUT2D eigenvalue weighted by Gasteiger charge is 2.10. The number of nitro benzene ring substituents is 1. The number of aromatic nitrogens is 2. The highest BCUT2D eigenvalue weighted by Crippen LogP contribution is 2.15. The molecule has 126 valence electrons. The Morgan fingerprint density at radius 3 is 2.60 bits per heavy atom. The Bertz CT molecular complexity index is 995. The first-order valence-corrected chi connectivity index (χ1v) is 7.55. The average molecular weight is 338 g/mol. The summed E-state index contributed by atoms with van der Waals surface area (Å²) in [6, 6.07) is 12.7. The first-order valence-electron chi connectivity index (χ1n) is 7.55. The van der Waals surface area contributed by atoms with Gasteiger partial charge >= 0.3 is 0 Å². The summed E-state index contributed by atoms with van der Waals surface area (Å²) < 4.78 is 0. The molecule has 0 aliphatic heterocycles. The van der Waals surface area contributed by atoms with Crippen molar-refractivity contribution in [1.29, 1.82) is 0 Å². The van der Waals surface area contributed by atoms with Crippen LogP contribution in [0.3, 0.4) is 0 Å². The van der Waals surface area contributed by atoms with Crippen molar-refractivity contribution in [3.63, 3.8) is 0 Å². The summed E-state index contributed by atoms with van der Waals surface area (Å²) in [5, 5.41) is 13.2. The second-order valence-electron chi connectivity index (χ2n) is 5.38. The number of anilines is 1. The number of non-ortho nitro benzene ring substituents is 1. The van der Waals surface area contributed by atoms with Crippen LogP contribution in [-0.4, -0.2) is 20.8 Å². The second-order valence-corrected chi connectivity index (χ2v) is 5.38. The van der Waals surface area contributed by atoms with Gasteiger partial charge < -0.3 is 10.3 Å². The lowest BCUT2D eigenvalue weighted by Gasteiger charge is -2.05. The minimum atomic E-state index is -0.511. The van der Waals surface area contributed by atoms with Gasteiger partial charge in [-0.3, -0.25) is 19.7 Å². The lowest BCUT2D eigenvalue weighted by Crippen LogP contribution is -2.19. The first kappa shape index (κ1) is 16.3. The van der Waals surface area contributed by atoms with Gasteiger partial charge in [0, 0.05) is 30.7 Å². The molecule has 0 aliphatic carbocycles. The third kappa shape index (κ3) is 3.86. The molecule has 0 saturated heterocycles. The van der Waals surface area contributed by atoms with E-state index in [0.717, 1.165) is 0 Å². The Morgan fingerprint density at radius 2 is 1.88 bits per heavy atom. The number of aryl methyl sites for hydroxylation is 1. The number of rotatable bonds is 5. The number of hydrogen-bond acceptors (Lipinski definition) is 5. The minimum absolute atomic E-state index is 0.0510. The summed E-state index contributed by atoms with van der Waals surface area (Å²) in [6.07, 6.45) is 0.268. The molecular formula is C17H14N4O4. The fraction of sp³-hybridized carbons (Fsp3) is 0.118. The van der Waals surface area contributed by atoms with E-state index in [2.05, 4.69) is 15.3 Å². The van der Waals surface area contributed by atoms with Crippen LogP contribution in [0.4, 0.5) is 11.4 Å². The van der Waals surface area contributed by atoms with Crippen molar-refractivity contribution in [3.05, 3.63) is 74.7 Å². The molecule has 0 fully saturated rings. The smallest absolute Gasteiger partial charge is 0.270 e. The fourth-order valence-corrected chi connectivity index (χ4v) is 2.36. The monoisotopic (exact) mass is 338 g/mol. The summed E-state index contributed by atoms with van der Waals surface area (Å²) in [4.78, 5) is 41.1. The molecule has 1 heterocycles. The van der Waals surface area contributed by atoms with Crippen molar-refractivity contribution in [2.75, 3.05) is 5.32 Å². The molecule has 25 heavy (non-hydrogen) atoms. The van der Waals surface area contributed by atoms with Crippen LogP contribution in [0.1, 0.15) is 12.1 Å². The molecule has 0 bridgehead atoms. The van der Waals surface area contributed by atoms with E-state index >= 15 is 0 Å². The Hall–Kier alpha value is -3.55. The Kier molecular flexibility index (Phi) is 4.51. The van der Waals surface area contributed by atoms with E-state index in [0.29, 0.717) is 16.7 Å². The minimum Gasteiger partial charge on any atom is -0.326 e. The predicted octanol–water partition coefficient (Wildman–Crippen LogP) is 2.40. The van der Waals surface area contributed by atoms with Gasteiger partial charge in [-0.15, -0.1) is 0 Å². The summed E-state index contributed by atoms with van der Waals surface area (Å²) in [5.41, 5.74) is 1.68. The maximum Gasteiger partial charge on any atom is 0.270 e. The zero-order valence-electron chi connectivity index (χ0n) is 13.1. The van der Waals surface area contributed by atoms with Gasteiger partial charge in [0.2, 0.25) is 5.91 Å². The normalized spacial score (nSPS) is 10.6. The van der Waals surface area contributed by atoms with Crippen LogP contribution < -0.4 is 10.9 Å². The van der Waals surface area contributed by atoms with Gasteiger partial charge in [-0.05, 0) is 24.3 Å². The van der Waals surface area contributed by atoms with Crippen molar-refractivity contribution in [1.82, 2.24) is 9.97 Å². The van der Waals surface area contributed by atoms with Gasteiger partial charge in [-0.2, -0.15) is 0 Å². The van der Waals surface area contributed by atoms with Crippen LogP contribution in [0.15, 0.2) is 53.3 Å². The number of nitro groups is 1. The molecule has 3 aromatic rings. The van der Waals surface area contributed by atoms with Gasteiger partial charge in [-0.1, -0.05) is 12.1 Å².